The molecule has 3 nitrogen and oxygen atoms in total. The van der Waals surface area contributed by atoms with E-state index in [2.05, 4.69) is 0 Å². The number of nitrogens with zero attached hydrogens (tertiary/aromatic N) is 1. The average molecular weight is 719 g/mol. The number of rotatable bonds is 1. The number of benzene rings is 1. The Hall–Kier alpha value is 1.58. The Morgan fingerprint density at radius 2 is 1.00 bits per heavy atom. The Bertz CT molecular complexity index is 1340. The zero-order chi connectivity index (χ0) is 26.0. The third kappa shape index (κ3) is 2.35. The Balaban J connectivity index is 1.79. The van der Waals surface area contributed by atoms with Gasteiger partial charge in [0.2, 0.25) is 0 Å². The molecule has 2 fully saturated rings. The fourth-order valence-electron chi connectivity index (χ4n) is 7.00. The molecule has 0 N–H and O–H groups in total. The number of nitro groups is 1. The molecule has 0 aliphatic heterocycles. The predicted octanol–water partition coefficient (Wildman–Crippen LogP) is 9.70. The van der Waals surface area contributed by atoms with E-state index in [1.54, 1.807) is 0 Å². The maximum absolute atomic E-state index is 11.7. The molecule has 35 heavy (non-hydrogen) atoms. The smallest absolute Gasteiger partial charge is 0.258 e. The second kappa shape index (κ2) is 7.25. The van der Waals surface area contributed by atoms with Crippen LogP contribution in [0.25, 0.3) is 0 Å². The number of alkyl halides is 8. The zero-order valence-corrected chi connectivity index (χ0v) is 25.4. The van der Waals surface area contributed by atoms with E-state index >= 15 is 0 Å². The van der Waals surface area contributed by atoms with Crippen molar-refractivity contribution in [3.8, 4) is 0 Å². The van der Waals surface area contributed by atoms with Gasteiger partial charge in [-0.3, -0.25) is 10.1 Å². The Kier molecular flexibility index (Phi) is 5.55. The Labute approximate surface area is 258 Å². The normalized spacial score (nSPS) is 47.8. The highest BCUT2D eigenvalue weighted by Crippen LogP contribution is 2.88. The lowest BCUT2D eigenvalue weighted by Crippen LogP contribution is -2.53. The van der Waals surface area contributed by atoms with Gasteiger partial charge in [0.05, 0.1) is 25.1 Å². The molecule has 2 saturated carbocycles. The topological polar surface area (TPSA) is 43.1 Å². The number of halogens is 12. The number of hydrogen-bond acceptors (Lipinski definition) is 2. The van der Waals surface area contributed by atoms with E-state index < -0.39 is 56.8 Å². The lowest BCUT2D eigenvalue weighted by atomic mass is 9.57. The molecule has 0 heterocycles. The van der Waals surface area contributed by atoms with Crippen LogP contribution in [-0.4, -0.2) is 33.1 Å². The van der Waals surface area contributed by atoms with Gasteiger partial charge >= 0.3 is 0 Å². The fraction of sp³-hybridized carbons (Fsp3) is 0.500. The van der Waals surface area contributed by atoms with Crippen molar-refractivity contribution in [3.05, 3.63) is 59.6 Å². The highest BCUT2D eigenvalue weighted by atomic mass is 35.5. The molecule has 0 saturated heterocycles. The molecule has 1 aromatic rings. The van der Waals surface area contributed by atoms with Crippen molar-refractivity contribution in [2.75, 3.05) is 0 Å². The van der Waals surface area contributed by atoms with Crippen LogP contribution < -0.4 is 0 Å². The van der Waals surface area contributed by atoms with Gasteiger partial charge in [-0.05, 0) is 11.1 Å². The van der Waals surface area contributed by atoms with E-state index in [4.69, 9.17) is 139 Å². The maximum Gasteiger partial charge on any atom is 0.269 e. The summed E-state index contributed by atoms with van der Waals surface area (Å²) in [6, 6.07) is 4.20. The Morgan fingerprint density at radius 1 is 0.629 bits per heavy atom. The van der Waals surface area contributed by atoms with Crippen LogP contribution in [0.15, 0.2) is 38.3 Å². The molecule has 0 spiro atoms. The van der Waals surface area contributed by atoms with Gasteiger partial charge in [-0.1, -0.05) is 98.9 Å². The lowest BCUT2D eigenvalue weighted by molar-refractivity contribution is -0.385. The molecule has 8 unspecified atom stereocenters. The van der Waals surface area contributed by atoms with Gasteiger partial charge in [0.15, 0.2) is 8.67 Å². The summed E-state index contributed by atoms with van der Waals surface area (Å²) in [7, 11) is 0. The van der Waals surface area contributed by atoms with Crippen molar-refractivity contribution in [1.82, 2.24) is 0 Å². The largest absolute Gasteiger partial charge is 0.269 e. The molecule has 15 heteroatoms. The molecule has 0 radical (unpaired) electrons. The first-order chi connectivity index (χ1) is 15.9. The minimum atomic E-state index is -1.99. The summed E-state index contributed by atoms with van der Waals surface area (Å²) in [4.78, 5) is 4.05. The second-order valence-electron chi connectivity index (χ2n) is 9.33. The molecular weight excluding hydrogens is 712 g/mol. The summed E-state index contributed by atoms with van der Waals surface area (Å²) < 4.78 is -3.93. The Morgan fingerprint density at radius 3 is 1.40 bits per heavy atom. The van der Waals surface area contributed by atoms with Crippen LogP contribution >= 0.6 is 139 Å². The number of fused-ring (bicyclic) bond motifs is 14. The minimum Gasteiger partial charge on any atom is -0.258 e. The van der Waals surface area contributed by atoms with Crippen LogP contribution in [0.1, 0.15) is 23.0 Å². The maximum atomic E-state index is 11.7. The first-order valence-corrected chi connectivity index (χ1v) is 14.4. The highest BCUT2D eigenvalue weighted by Gasteiger charge is 2.91. The van der Waals surface area contributed by atoms with E-state index in [1.165, 1.54) is 18.2 Å². The minimum absolute atomic E-state index is 0.0418. The van der Waals surface area contributed by atoms with Crippen molar-refractivity contribution in [2.24, 2.45) is 11.8 Å². The van der Waals surface area contributed by atoms with Crippen molar-refractivity contribution >= 4 is 145 Å². The van der Waals surface area contributed by atoms with Crippen molar-refractivity contribution in [2.45, 2.75) is 40.0 Å². The lowest BCUT2D eigenvalue weighted by Gasteiger charge is -2.52. The SMILES string of the molecule is O=[N+]([O-])c1ccc2c(c1)C1C(C3C2C2(Cl)C(Cl)=C(Cl)C3(Cl)C2(Cl)Cl)C2(Cl)C(Cl)=C(Cl)C1(Cl)C2(Cl)Cl. The van der Waals surface area contributed by atoms with E-state index in [0.29, 0.717) is 11.1 Å². The summed E-state index contributed by atoms with van der Waals surface area (Å²) in [6.07, 6.45) is 0. The molecule has 8 atom stereocenters. The standard InChI is InChI=1S/C20H7Cl12NO2/c21-11-13(23)17(27)9-7(15(11,25)19(17,29)30)5-2-1-4(33(34)35)3-6(5)8-10(9)18(28)14(24)12(22)16(8,26)20(18,31)32/h1-3,7-10H. The summed E-state index contributed by atoms with van der Waals surface area (Å²) >= 11 is 82.9. The summed E-state index contributed by atoms with van der Waals surface area (Å²) in [5.41, 5.74) is 0.669. The molecule has 0 amide bonds. The molecule has 5 aliphatic rings. The second-order valence-corrected chi connectivity index (χ2v) is 15.9. The molecule has 188 valence electrons. The predicted molar refractivity (Wildman–Crippen MR) is 146 cm³/mol. The third-order valence-corrected chi connectivity index (χ3v) is 16.9. The molecule has 0 aromatic heterocycles. The number of non-ortho nitro benzene ring substituents is 1. The number of nitro benzene ring substituents is 1. The van der Waals surface area contributed by atoms with Crippen molar-refractivity contribution in [1.29, 1.82) is 0 Å². The summed E-state index contributed by atoms with van der Waals surface area (Å²) in [6.45, 7) is 0. The molecule has 6 rings (SSSR count). The quantitative estimate of drug-likeness (QED) is 0.165. The van der Waals surface area contributed by atoms with Crippen LogP contribution in [0.5, 0.6) is 0 Å². The van der Waals surface area contributed by atoms with Crippen molar-refractivity contribution < 1.29 is 4.92 Å². The van der Waals surface area contributed by atoms with Crippen LogP contribution in [0.4, 0.5) is 5.69 Å². The fourth-order valence-corrected chi connectivity index (χ4v) is 13.1. The first-order valence-electron chi connectivity index (χ1n) is 9.83. The number of hydrogen-bond donors (Lipinski definition) is 0. The summed E-state index contributed by atoms with van der Waals surface area (Å²) in [5.74, 6) is -3.52. The van der Waals surface area contributed by atoms with Gasteiger partial charge in [0, 0.05) is 35.8 Å². The van der Waals surface area contributed by atoms with Gasteiger partial charge in [-0.15, -0.1) is 46.4 Å². The monoisotopic (exact) mass is 713 g/mol. The molecule has 1 aromatic carbocycles. The van der Waals surface area contributed by atoms with Gasteiger partial charge < -0.3 is 0 Å². The van der Waals surface area contributed by atoms with Gasteiger partial charge in [-0.25, -0.2) is 0 Å². The number of allylic oxidation sites excluding steroid dienone is 4. The molecule has 5 aliphatic carbocycles. The van der Waals surface area contributed by atoms with E-state index in [0.717, 1.165) is 0 Å². The van der Waals surface area contributed by atoms with Crippen LogP contribution in [0.2, 0.25) is 0 Å². The van der Waals surface area contributed by atoms with Crippen LogP contribution in [0.3, 0.4) is 0 Å². The average Bonchev–Trinajstić information content (AvgIpc) is 3.13. The van der Waals surface area contributed by atoms with Crippen molar-refractivity contribution in [3.63, 3.8) is 0 Å². The van der Waals surface area contributed by atoms with Crippen LogP contribution in [-0.2, 0) is 0 Å². The summed E-state index contributed by atoms with van der Waals surface area (Å²) in [5, 5.41) is 11.4. The third-order valence-electron chi connectivity index (χ3n) is 8.32. The van der Waals surface area contributed by atoms with Gasteiger partial charge in [0.25, 0.3) is 5.69 Å². The van der Waals surface area contributed by atoms with E-state index in [-0.39, 0.29) is 25.8 Å². The van der Waals surface area contributed by atoms with E-state index in [1.807, 2.05) is 0 Å². The zero-order valence-electron chi connectivity index (χ0n) is 16.3. The highest BCUT2D eigenvalue weighted by molar-refractivity contribution is 6.67. The first kappa shape index (κ1) is 26.8. The van der Waals surface area contributed by atoms with Gasteiger partial charge in [0.1, 0.15) is 19.5 Å². The van der Waals surface area contributed by atoms with Crippen LogP contribution in [0, 0.1) is 22.0 Å². The van der Waals surface area contributed by atoms with E-state index in [9.17, 15) is 10.1 Å². The van der Waals surface area contributed by atoms with Gasteiger partial charge in [-0.2, -0.15) is 0 Å². The molecule has 4 bridgehead atoms. The molecular formula is C20H7Cl12NO2.